The lowest BCUT2D eigenvalue weighted by atomic mass is 10.3. The number of aromatic nitrogens is 2. The van der Waals surface area contributed by atoms with E-state index in [-0.39, 0.29) is 5.78 Å². The normalized spacial score (nSPS) is 10.8. The Labute approximate surface area is 140 Å². The van der Waals surface area contributed by atoms with Crippen molar-refractivity contribution in [2.75, 3.05) is 19.5 Å². The average molecular weight is 390 g/mol. The number of Topliss-reactive ketones (excluding diaryl/α,β-unsaturated/α-hetero) is 1. The molecule has 1 aromatic heterocycles. The van der Waals surface area contributed by atoms with Gasteiger partial charge in [0.25, 0.3) is 0 Å². The lowest BCUT2D eigenvalue weighted by Crippen LogP contribution is -2.15. The Kier molecular flexibility index (Phi) is 6.29. The molecule has 0 atom stereocenters. The second-order valence-corrected chi connectivity index (χ2v) is 6.57. The Balaban J connectivity index is 2.04. The quantitative estimate of drug-likeness (QED) is 0.532. The summed E-state index contributed by atoms with van der Waals surface area (Å²) in [6.07, 6.45) is 1.63. The Morgan fingerprint density at radius 3 is 3.05 bits per heavy atom. The summed E-state index contributed by atoms with van der Waals surface area (Å²) in [5.74, 6) is 0.345. The smallest absolute Gasteiger partial charge is 0.192 e. The maximum atomic E-state index is 12.4. The Morgan fingerprint density at radius 2 is 2.33 bits per heavy atom. The van der Waals surface area contributed by atoms with E-state index in [2.05, 4.69) is 21.0 Å². The molecular weight excluding hydrogens is 376 g/mol. The first-order valence-corrected chi connectivity index (χ1v) is 8.39. The number of ether oxygens (including phenoxy) is 1. The lowest BCUT2D eigenvalue weighted by molar-refractivity contribution is 0.100. The van der Waals surface area contributed by atoms with Gasteiger partial charge in [-0.05, 0) is 34.1 Å². The highest BCUT2D eigenvalue weighted by Gasteiger charge is 2.17. The third kappa shape index (κ3) is 4.57. The molecular formula is C14H14BrClN2O2S. The average Bonchev–Trinajstić information content (AvgIpc) is 2.83. The van der Waals surface area contributed by atoms with E-state index in [1.54, 1.807) is 18.0 Å². The summed E-state index contributed by atoms with van der Waals surface area (Å²) < 4.78 is 7.39. The summed E-state index contributed by atoms with van der Waals surface area (Å²) in [6, 6.07) is 7.45. The summed E-state index contributed by atoms with van der Waals surface area (Å²) in [7, 11) is 1.62. The van der Waals surface area contributed by atoms with Crippen LogP contribution in [0.2, 0.25) is 5.02 Å². The van der Waals surface area contributed by atoms with E-state index in [1.165, 1.54) is 11.8 Å². The molecule has 1 heterocycles. The van der Waals surface area contributed by atoms with Crippen LogP contribution < -0.4 is 0 Å². The zero-order valence-corrected chi connectivity index (χ0v) is 14.5. The van der Waals surface area contributed by atoms with Crippen molar-refractivity contribution < 1.29 is 9.53 Å². The monoisotopic (exact) mass is 388 g/mol. The number of methoxy groups -OCH3 is 1. The van der Waals surface area contributed by atoms with Crippen LogP contribution in [0, 0.1) is 0 Å². The Hall–Kier alpha value is -0.820. The maximum absolute atomic E-state index is 12.4. The molecule has 0 radical (unpaired) electrons. The van der Waals surface area contributed by atoms with Crippen LogP contribution in [0.25, 0.3) is 0 Å². The molecule has 0 aliphatic carbocycles. The van der Waals surface area contributed by atoms with Crippen molar-refractivity contribution in [3.8, 4) is 0 Å². The Morgan fingerprint density at radius 1 is 1.52 bits per heavy atom. The fourth-order valence-corrected chi connectivity index (χ4v) is 3.35. The van der Waals surface area contributed by atoms with Gasteiger partial charge in [0.05, 0.1) is 29.6 Å². The zero-order chi connectivity index (χ0) is 15.2. The summed E-state index contributed by atoms with van der Waals surface area (Å²) >= 11 is 10.8. The van der Waals surface area contributed by atoms with Gasteiger partial charge in [0.2, 0.25) is 0 Å². The molecule has 7 heteroatoms. The van der Waals surface area contributed by atoms with Gasteiger partial charge in [-0.25, -0.2) is 0 Å². The number of ketones is 1. The van der Waals surface area contributed by atoms with Crippen LogP contribution in [0.1, 0.15) is 10.5 Å². The minimum atomic E-state index is 0.0143. The number of hydrogen-bond acceptors (Lipinski definition) is 4. The first kappa shape index (κ1) is 16.5. The molecule has 0 aliphatic rings. The van der Waals surface area contributed by atoms with Gasteiger partial charge in [-0.3, -0.25) is 9.48 Å². The topological polar surface area (TPSA) is 44.1 Å². The summed E-state index contributed by atoms with van der Waals surface area (Å²) in [4.78, 5) is 13.4. The molecule has 0 aliphatic heterocycles. The van der Waals surface area contributed by atoms with Crippen LogP contribution in [-0.4, -0.2) is 35.0 Å². The second kappa shape index (κ2) is 7.98. The molecule has 0 bridgehead atoms. The number of halogens is 2. The molecule has 0 amide bonds. The van der Waals surface area contributed by atoms with E-state index in [0.717, 1.165) is 4.90 Å². The first-order valence-electron chi connectivity index (χ1n) is 6.23. The third-order valence-corrected chi connectivity index (χ3v) is 4.54. The minimum absolute atomic E-state index is 0.0143. The summed E-state index contributed by atoms with van der Waals surface area (Å²) in [5.41, 5.74) is 0.571. The highest BCUT2D eigenvalue weighted by molar-refractivity contribution is 9.10. The van der Waals surface area contributed by atoms with Gasteiger partial charge < -0.3 is 4.74 Å². The van der Waals surface area contributed by atoms with Crippen LogP contribution in [-0.2, 0) is 11.3 Å². The van der Waals surface area contributed by atoms with E-state index < -0.39 is 0 Å². The molecule has 0 spiro atoms. The van der Waals surface area contributed by atoms with Crippen molar-refractivity contribution in [2.24, 2.45) is 0 Å². The molecule has 2 rings (SSSR count). The molecule has 0 fully saturated rings. The van der Waals surface area contributed by atoms with Gasteiger partial charge in [0, 0.05) is 17.0 Å². The minimum Gasteiger partial charge on any atom is -0.383 e. The number of nitrogens with zero attached hydrogens (tertiary/aromatic N) is 2. The van der Waals surface area contributed by atoms with Crippen molar-refractivity contribution in [2.45, 2.75) is 11.4 Å². The summed E-state index contributed by atoms with van der Waals surface area (Å²) in [6.45, 7) is 1.06. The molecule has 1 aromatic carbocycles. The summed E-state index contributed by atoms with van der Waals surface area (Å²) in [5, 5.41) is 4.85. The second-order valence-electron chi connectivity index (χ2n) is 4.23. The molecule has 0 N–H and O–H groups in total. The van der Waals surface area contributed by atoms with Crippen LogP contribution in [0.15, 0.2) is 39.8 Å². The number of rotatable bonds is 7. The largest absolute Gasteiger partial charge is 0.383 e. The highest BCUT2D eigenvalue weighted by Crippen LogP contribution is 2.24. The molecule has 112 valence electrons. The van der Waals surface area contributed by atoms with Crippen molar-refractivity contribution in [1.82, 2.24) is 9.78 Å². The van der Waals surface area contributed by atoms with Crippen LogP contribution in [0.3, 0.4) is 0 Å². The molecule has 0 saturated heterocycles. The van der Waals surface area contributed by atoms with E-state index in [0.29, 0.717) is 34.1 Å². The van der Waals surface area contributed by atoms with Gasteiger partial charge in [-0.1, -0.05) is 17.7 Å². The van der Waals surface area contributed by atoms with E-state index in [4.69, 9.17) is 16.3 Å². The van der Waals surface area contributed by atoms with Crippen LogP contribution >= 0.6 is 39.3 Å². The zero-order valence-electron chi connectivity index (χ0n) is 11.4. The third-order valence-electron chi connectivity index (χ3n) is 2.73. The van der Waals surface area contributed by atoms with E-state index >= 15 is 0 Å². The first-order chi connectivity index (χ1) is 10.1. The maximum Gasteiger partial charge on any atom is 0.192 e. The van der Waals surface area contributed by atoms with Gasteiger partial charge in [-0.2, -0.15) is 5.10 Å². The van der Waals surface area contributed by atoms with Gasteiger partial charge in [0.1, 0.15) is 5.69 Å². The van der Waals surface area contributed by atoms with Crippen molar-refractivity contribution >= 4 is 45.1 Å². The van der Waals surface area contributed by atoms with Crippen molar-refractivity contribution in [3.05, 3.63) is 45.7 Å². The predicted molar refractivity (Wildman–Crippen MR) is 88.3 cm³/mol. The molecule has 21 heavy (non-hydrogen) atoms. The molecule has 2 aromatic rings. The number of thioether (sulfide) groups is 1. The molecule has 0 unspecified atom stereocenters. The van der Waals surface area contributed by atoms with E-state index in [9.17, 15) is 4.79 Å². The molecule has 4 nitrogen and oxygen atoms in total. The SMILES string of the molecule is COCCn1ncc(Br)c1C(=O)CSc1cccc(Cl)c1. The lowest BCUT2D eigenvalue weighted by Gasteiger charge is -2.07. The number of hydrogen-bond donors (Lipinski definition) is 0. The Bertz CT molecular complexity index is 633. The van der Waals surface area contributed by atoms with Gasteiger partial charge >= 0.3 is 0 Å². The fraction of sp³-hybridized carbons (Fsp3) is 0.286. The van der Waals surface area contributed by atoms with E-state index in [1.807, 2.05) is 24.3 Å². The van der Waals surface area contributed by atoms with Crippen molar-refractivity contribution in [3.63, 3.8) is 0 Å². The number of benzene rings is 1. The molecule has 0 saturated carbocycles. The predicted octanol–water partition coefficient (Wildman–Crippen LogP) is 3.92. The van der Waals surface area contributed by atoms with Crippen LogP contribution in [0.4, 0.5) is 0 Å². The number of carbonyl (C=O) groups is 1. The van der Waals surface area contributed by atoms with Gasteiger partial charge in [-0.15, -0.1) is 11.8 Å². The highest BCUT2D eigenvalue weighted by atomic mass is 79.9. The van der Waals surface area contributed by atoms with Crippen LogP contribution in [0.5, 0.6) is 0 Å². The fourth-order valence-electron chi connectivity index (χ4n) is 1.76. The van der Waals surface area contributed by atoms with Crippen molar-refractivity contribution in [1.29, 1.82) is 0 Å². The number of carbonyl (C=O) groups excluding carboxylic acids is 1. The van der Waals surface area contributed by atoms with Gasteiger partial charge in [0.15, 0.2) is 5.78 Å². The standard InChI is InChI=1S/C14H14BrClN2O2S/c1-20-6-5-18-14(12(15)8-17-18)13(19)9-21-11-4-2-3-10(16)7-11/h2-4,7-8H,5-6,9H2,1H3.